The van der Waals surface area contributed by atoms with Gasteiger partial charge in [-0.25, -0.2) is 0 Å². The van der Waals surface area contributed by atoms with Crippen molar-refractivity contribution >= 4 is 35.8 Å². The molecular formula is C10H22N2O20U2-10. The number of hydrogen-bond donors (Lipinski definition) is 2. The molecule has 1 aliphatic heterocycles. The maximum Gasteiger partial charge on any atom is 0.125 e. The van der Waals surface area contributed by atoms with Gasteiger partial charge in [-0.2, -0.15) is 0 Å². The van der Waals surface area contributed by atoms with Crippen molar-refractivity contribution in [1.82, 2.24) is 0 Å². The van der Waals surface area contributed by atoms with Gasteiger partial charge < -0.3 is 114 Å². The molecule has 0 atom stereocenters. The first-order valence-electron chi connectivity index (χ1n) is 5.83. The van der Waals surface area contributed by atoms with Gasteiger partial charge in [0, 0.05) is 62.2 Å². The number of carbonyl (C=O) groups excluding carboxylic acids is 6. The summed E-state index contributed by atoms with van der Waals surface area (Å²) in [5.41, 5.74) is 0. The third kappa shape index (κ3) is 97.4. The van der Waals surface area contributed by atoms with Crippen molar-refractivity contribution in [2.75, 3.05) is 26.2 Å². The second kappa shape index (κ2) is 57.9. The van der Waals surface area contributed by atoms with E-state index < -0.39 is 35.8 Å². The molecule has 0 amide bonds. The molecule has 1 fully saturated rings. The molecule has 1 saturated heterocycles. The van der Waals surface area contributed by atoms with Crippen molar-refractivity contribution in [2.24, 2.45) is 0 Å². The minimum Gasteiger partial charge on any atom is -2.00 e. The van der Waals surface area contributed by atoms with Crippen molar-refractivity contribution in [2.45, 2.75) is 0 Å². The second-order valence-electron chi connectivity index (χ2n) is 3.46. The maximum atomic E-state index is 8.93. The van der Waals surface area contributed by atoms with E-state index in [4.69, 9.17) is 59.4 Å². The number of piperazine rings is 1. The van der Waals surface area contributed by atoms with Gasteiger partial charge in [0.05, 0.1) is 35.8 Å². The zero-order valence-corrected chi connectivity index (χ0v) is 25.0. The van der Waals surface area contributed by atoms with Crippen LogP contribution in [0, 0.1) is 62.2 Å². The third-order valence-electron chi connectivity index (χ3n) is 1.65. The average molecular weight is 966 g/mol. The SMILES string of the molecule is C1C[NH2+]CC[NH2+]1.O.O.O=C([O-])C(=O)[O-].O=C([O-])C(=O)[O-].O=C([O-])C(=O)[O-].[O-2].[O-2].[O-2].[O-2].[OH3+].[OH3+].[U].[U]. The Bertz CT molecular complexity index is 370. The second-order valence-corrected chi connectivity index (χ2v) is 3.46. The number of carboxylic acids is 6. The molecule has 22 nitrogen and oxygen atoms in total. The van der Waals surface area contributed by atoms with E-state index in [9.17, 15) is 0 Å². The van der Waals surface area contributed by atoms with Crippen LogP contribution in [0.3, 0.4) is 0 Å². The van der Waals surface area contributed by atoms with Gasteiger partial charge in [-0.3, -0.25) is 0 Å². The van der Waals surface area contributed by atoms with Gasteiger partial charge in [0.2, 0.25) is 0 Å². The van der Waals surface area contributed by atoms with E-state index >= 15 is 0 Å². The first kappa shape index (κ1) is 84.8. The molecule has 0 unspecified atom stereocenters. The van der Waals surface area contributed by atoms with Crippen LogP contribution in [0.25, 0.3) is 0 Å². The maximum absolute atomic E-state index is 8.93. The predicted octanol–water partition coefficient (Wildman–Crippen LogP) is -17.4. The molecule has 0 radical (unpaired) electrons. The van der Waals surface area contributed by atoms with Gasteiger partial charge in [0.1, 0.15) is 26.2 Å². The Kier molecular flexibility index (Phi) is 144. The van der Waals surface area contributed by atoms with Gasteiger partial charge in [-0.1, -0.05) is 0 Å². The van der Waals surface area contributed by atoms with Crippen LogP contribution in [0.2, 0.25) is 0 Å². The van der Waals surface area contributed by atoms with E-state index in [1.807, 2.05) is 0 Å². The molecule has 1 aliphatic rings. The van der Waals surface area contributed by atoms with Crippen LogP contribution in [0.1, 0.15) is 0 Å². The van der Waals surface area contributed by atoms with E-state index in [2.05, 4.69) is 10.6 Å². The summed E-state index contributed by atoms with van der Waals surface area (Å²) in [5, 5.41) is 58.3. The normalized spacial score (nSPS) is 8.12. The molecule has 0 aliphatic carbocycles. The molecule has 1 heterocycles. The van der Waals surface area contributed by atoms with Crippen molar-refractivity contribution in [3.63, 3.8) is 0 Å². The quantitative estimate of drug-likeness (QED) is 0.169. The number of carbonyl (C=O) groups is 6. The molecule has 0 bridgehead atoms. The summed E-state index contributed by atoms with van der Waals surface area (Å²) < 4.78 is 0. The Morgan fingerprint density at radius 2 is 0.500 bits per heavy atom. The number of nitrogens with two attached hydrogens (primary N) is 2. The summed E-state index contributed by atoms with van der Waals surface area (Å²) in [5.74, 6) is -13.1. The number of carboxylic acid groups (broad SMARTS) is 6. The Morgan fingerprint density at radius 3 is 0.529 bits per heavy atom. The van der Waals surface area contributed by atoms with Crippen molar-refractivity contribution < 1.29 is 176 Å². The average Bonchev–Trinajstić information content (AvgIpc) is 2.50. The molecule has 1 rings (SSSR count). The third-order valence-corrected chi connectivity index (χ3v) is 1.65. The standard InChI is InChI=1S/C4H10N2.3C2H2O4.4H2O.4O.2U/c1-2-6-4-3-5-1;3*3-1(4)2(5)6;;;;;;;;;;/h5-6H,1-4H2;3*(H,3,4)(H,5,6);4*1H2;;;;;;/q;;;;;;;;4*-2;;/p-2. The molecule has 0 spiro atoms. The Hall–Kier alpha value is -1.48. The zero-order valence-electron chi connectivity index (χ0n) is 16.7. The van der Waals surface area contributed by atoms with Gasteiger partial charge in [0.25, 0.3) is 0 Å². The van der Waals surface area contributed by atoms with Gasteiger partial charge >= 0.3 is 0 Å². The molecule has 34 heavy (non-hydrogen) atoms. The van der Waals surface area contributed by atoms with E-state index in [0.717, 1.165) is 0 Å². The van der Waals surface area contributed by atoms with Crippen LogP contribution >= 0.6 is 0 Å². The van der Waals surface area contributed by atoms with Crippen LogP contribution < -0.4 is 41.3 Å². The summed E-state index contributed by atoms with van der Waals surface area (Å²) >= 11 is 0. The molecule has 210 valence electrons. The first-order valence-corrected chi connectivity index (χ1v) is 5.83. The number of quaternary nitrogens is 2. The van der Waals surface area contributed by atoms with E-state index in [-0.39, 0.29) is 106 Å². The van der Waals surface area contributed by atoms with E-state index in [0.29, 0.717) is 0 Å². The molecule has 0 aromatic heterocycles. The van der Waals surface area contributed by atoms with Crippen LogP contribution in [0.15, 0.2) is 0 Å². The molecule has 24 heteroatoms. The number of hydrogen-bond acceptors (Lipinski definition) is 12. The molecular weight excluding hydrogens is 944 g/mol. The number of aliphatic carboxylic acids is 6. The predicted molar refractivity (Wildman–Crippen MR) is 73.1 cm³/mol. The van der Waals surface area contributed by atoms with Crippen LogP contribution in [0.4, 0.5) is 0 Å². The Labute approximate surface area is 236 Å². The van der Waals surface area contributed by atoms with Gasteiger partial charge in [0.15, 0.2) is 0 Å². The van der Waals surface area contributed by atoms with Crippen LogP contribution in [0.5, 0.6) is 0 Å². The van der Waals surface area contributed by atoms with Crippen molar-refractivity contribution in [1.29, 1.82) is 0 Å². The smallest absolute Gasteiger partial charge is 0.125 e. The summed E-state index contributed by atoms with van der Waals surface area (Å²) in [7, 11) is 0. The van der Waals surface area contributed by atoms with Crippen molar-refractivity contribution in [3.05, 3.63) is 0 Å². The Morgan fingerprint density at radius 1 is 0.412 bits per heavy atom. The zero-order chi connectivity index (χ0) is 19.7. The fourth-order valence-corrected chi connectivity index (χ4v) is 0.760. The molecule has 0 aromatic carbocycles. The van der Waals surface area contributed by atoms with Crippen LogP contribution in [-0.4, -0.2) is 72.9 Å². The largest absolute Gasteiger partial charge is 2.00 e. The topological polar surface area (TPSA) is 517 Å². The first-order chi connectivity index (χ1) is 10.9. The van der Waals surface area contributed by atoms with E-state index in [1.165, 1.54) is 26.2 Å². The van der Waals surface area contributed by atoms with Gasteiger partial charge in [-0.05, 0) is 0 Å². The fraction of sp³-hybridized carbons (Fsp3) is 0.400. The fourth-order valence-electron chi connectivity index (χ4n) is 0.760. The van der Waals surface area contributed by atoms with Crippen molar-refractivity contribution in [3.8, 4) is 0 Å². The number of rotatable bonds is 0. The minimum atomic E-state index is -2.19. The summed E-state index contributed by atoms with van der Waals surface area (Å²) in [6, 6.07) is 0. The molecule has 0 saturated carbocycles. The molecule has 14 N–H and O–H groups in total. The summed E-state index contributed by atoms with van der Waals surface area (Å²) in [4.78, 5) is 53.6. The minimum absolute atomic E-state index is 0. The van der Waals surface area contributed by atoms with Gasteiger partial charge in [-0.15, -0.1) is 0 Å². The summed E-state index contributed by atoms with van der Waals surface area (Å²) in [6.07, 6.45) is 0. The molecule has 0 aromatic rings. The monoisotopic (exact) mass is 966 g/mol. The van der Waals surface area contributed by atoms with Crippen LogP contribution in [-0.2, 0) is 61.6 Å². The van der Waals surface area contributed by atoms with E-state index in [1.54, 1.807) is 0 Å². The Balaban J connectivity index is -0.0000000143. The summed E-state index contributed by atoms with van der Waals surface area (Å²) in [6.45, 7) is 5.28.